The Labute approximate surface area is 251 Å². The molecule has 244 valence electrons. The monoisotopic (exact) mass is 647 g/mol. The molecule has 1 aliphatic rings. The number of nitrogens with zero attached hydrogens (tertiary/aromatic N) is 3. The van der Waals surface area contributed by atoms with Crippen LogP contribution in [-0.4, -0.2) is 98.2 Å². The maximum atomic E-state index is 12.4. The Kier molecular flexibility index (Phi) is 14.6. The fraction of sp³-hybridized carbons (Fsp3) is 0.286. The quantitative estimate of drug-likeness (QED) is 0.227. The van der Waals surface area contributed by atoms with Crippen molar-refractivity contribution in [2.45, 2.75) is 25.8 Å². The number of aromatic nitrogens is 1. The minimum absolute atomic E-state index is 0.100. The minimum Gasteiger partial charge on any atom is -0.478 e. The molecule has 2 aromatic rings. The molecule has 3 N–H and O–H groups in total. The van der Waals surface area contributed by atoms with Gasteiger partial charge in [0.2, 0.25) is 5.91 Å². The van der Waals surface area contributed by atoms with Crippen LogP contribution in [0.5, 0.6) is 0 Å². The average molecular weight is 648 g/mol. The number of rotatable bonds is 7. The van der Waals surface area contributed by atoms with Crippen LogP contribution in [0.4, 0.5) is 26.3 Å². The van der Waals surface area contributed by atoms with Crippen molar-refractivity contribution in [2.75, 3.05) is 26.2 Å². The van der Waals surface area contributed by atoms with Gasteiger partial charge in [0.05, 0.1) is 5.69 Å². The van der Waals surface area contributed by atoms with Crippen molar-refractivity contribution in [2.24, 2.45) is 0 Å². The third-order valence-electron chi connectivity index (χ3n) is 5.58. The molecule has 1 saturated heterocycles. The standard InChI is InChI=1S/C24H25N3O4.2C2HF3O2/c1-18(28)27-14-12-26(13-15-27)17-20-2-6-21(7-3-20)23(29)10-5-19-4-8-22(25-16-19)9-11-24(30)31;2*3-2(4,5)1(6)7/h2-11,16H,12-15,17H2,1H3,(H,30,31);2*(H,6,7)/b10-5+,11-9+;;. The summed E-state index contributed by atoms with van der Waals surface area (Å²) in [6.45, 7) is 5.60. The van der Waals surface area contributed by atoms with Crippen molar-refractivity contribution < 1.29 is 65.6 Å². The van der Waals surface area contributed by atoms with Crippen molar-refractivity contribution in [3.63, 3.8) is 0 Å². The number of carboxylic acids is 3. The van der Waals surface area contributed by atoms with E-state index in [1.54, 1.807) is 31.3 Å². The summed E-state index contributed by atoms with van der Waals surface area (Å²) in [4.78, 5) is 60.5. The van der Waals surface area contributed by atoms with E-state index in [-0.39, 0.29) is 11.7 Å². The molecule has 17 heteroatoms. The number of carboxylic acid groups (broad SMARTS) is 3. The number of allylic oxidation sites excluding steroid dienone is 1. The second kappa shape index (κ2) is 17.3. The molecule has 45 heavy (non-hydrogen) atoms. The number of pyridine rings is 1. The fourth-order valence-electron chi connectivity index (χ4n) is 3.29. The van der Waals surface area contributed by atoms with E-state index >= 15 is 0 Å². The second-order valence-corrected chi connectivity index (χ2v) is 8.97. The Morgan fingerprint density at radius 3 is 1.69 bits per heavy atom. The van der Waals surface area contributed by atoms with Gasteiger partial charge >= 0.3 is 30.3 Å². The molecular weight excluding hydrogens is 620 g/mol. The number of benzene rings is 1. The van der Waals surface area contributed by atoms with Crippen LogP contribution < -0.4 is 0 Å². The van der Waals surface area contributed by atoms with Gasteiger partial charge in [-0.05, 0) is 35.4 Å². The van der Waals surface area contributed by atoms with Crippen molar-refractivity contribution in [3.8, 4) is 0 Å². The van der Waals surface area contributed by atoms with Gasteiger partial charge in [-0.2, -0.15) is 26.3 Å². The van der Waals surface area contributed by atoms with E-state index in [0.29, 0.717) is 11.3 Å². The van der Waals surface area contributed by atoms with Crippen molar-refractivity contribution in [1.82, 2.24) is 14.8 Å². The number of ketones is 1. The number of halogens is 6. The number of aliphatic carboxylic acids is 3. The molecule has 2 heterocycles. The topological polar surface area (TPSA) is 165 Å². The number of amides is 1. The van der Waals surface area contributed by atoms with E-state index in [0.717, 1.165) is 49.9 Å². The van der Waals surface area contributed by atoms with Gasteiger partial charge in [0.1, 0.15) is 0 Å². The Balaban J connectivity index is 0.000000601. The predicted molar refractivity (Wildman–Crippen MR) is 146 cm³/mol. The van der Waals surface area contributed by atoms with Gasteiger partial charge in [-0.3, -0.25) is 19.5 Å². The molecule has 0 unspecified atom stereocenters. The van der Waals surface area contributed by atoms with Crippen LogP contribution in [0.1, 0.15) is 34.1 Å². The molecule has 0 radical (unpaired) electrons. The van der Waals surface area contributed by atoms with Crippen molar-refractivity contribution >= 4 is 41.8 Å². The first-order valence-electron chi connectivity index (χ1n) is 12.6. The molecule has 0 saturated carbocycles. The molecule has 1 fully saturated rings. The maximum Gasteiger partial charge on any atom is 0.490 e. The lowest BCUT2D eigenvalue weighted by Crippen LogP contribution is -2.47. The van der Waals surface area contributed by atoms with Gasteiger partial charge in [0.15, 0.2) is 5.78 Å². The van der Waals surface area contributed by atoms with Crippen LogP contribution in [0.25, 0.3) is 12.2 Å². The van der Waals surface area contributed by atoms with Gasteiger partial charge in [-0.1, -0.05) is 30.3 Å². The van der Waals surface area contributed by atoms with E-state index < -0.39 is 30.3 Å². The van der Waals surface area contributed by atoms with E-state index in [9.17, 15) is 40.7 Å². The summed E-state index contributed by atoms with van der Waals surface area (Å²) in [6, 6.07) is 11.0. The van der Waals surface area contributed by atoms with Crippen LogP contribution in [0.3, 0.4) is 0 Å². The lowest BCUT2D eigenvalue weighted by atomic mass is 10.1. The summed E-state index contributed by atoms with van der Waals surface area (Å²) in [5, 5.41) is 22.9. The van der Waals surface area contributed by atoms with E-state index in [1.807, 2.05) is 29.2 Å². The minimum atomic E-state index is -5.08. The normalized spacial score (nSPS) is 13.8. The Bertz CT molecular complexity index is 1360. The number of piperazine rings is 1. The largest absolute Gasteiger partial charge is 0.490 e. The van der Waals surface area contributed by atoms with Gasteiger partial charge < -0.3 is 20.2 Å². The summed E-state index contributed by atoms with van der Waals surface area (Å²) in [7, 11) is 0. The zero-order valence-electron chi connectivity index (χ0n) is 23.4. The lowest BCUT2D eigenvalue weighted by Gasteiger charge is -2.34. The summed E-state index contributed by atoms with van der Waals surface area (Å²) in [5.41, 5.74) is 3.02. The predicted octanol–water partition coefficient (Wildman–Crippen LogP) is 4.01. The maximum absolute atomic E-state index is 12.4. The van der Waals surface area contributed by atoms with E-state index in [2.05, 4.69) is 9.88 Å². The highest BCUT2D eigenvalue weighted by atomic mass is 19.4. The van der Waals surface area contributed by atoms with Crippen LogP contribution in [-0.2, 0) is 25.7 Å². The molecule has 11 nitrogen and oxygen atoms in total. The highest BCUT2D eigenvalue weighted by Crippen LogP contribution is 2.14. The van der Waals surface area contributed by atoms with Gasteiger partial charge in [-0.25, -0.2) is 14.4 Å². The Morgan fingerprint density at radius 2 is 1.29 bits per heavy atom. The third-order valence-corrected chi connectivity index (χ3v) is 5.58. The highest BCUT2D eigenvalue weighted by Gasteiger charge is 2.38. The first-order chi connectivity index (χ1) is 20.8. The Morgan fingerprint density at radius 1 is 0.778 bits per heavy atom. The smallest absolute Gasteiger partial charge is 0.478 e. The summed E-state index contributed by atoms with van der Waals surface area (Å²) < 4.78 is 63.5. The van der Waals surface area contributed by atoms with E-state index in [4.69, 9.17) is 24.9 Å². The Hall–Kier alpha value is -5.06. The summed E-state index contributed by atoms with van der Waals surface area (Å²) in [5.74, 6) is -6.52. The van der Waals surface area contributed by atoms with Gasteiger partial charge in [0.25, 0.3) is 0 Å². The van der Waals surface area contributed by atoms with Crippen LogP contribution in [0.2, 0.25) is 0 Å². The fourth-order valence-corrected chi connectivity index (χ4v) is 3.29. The van der Waals surface area contributed by atoms with E-state index in [1.165, 1.54) is 12.2 Å². The zero-order chi connectivity index (χ0) is 34.4. The van der Waals surface area contributed by atoms with Gasteiger partial charge in [0, 0.05) is 57.5 Å². The van der Waals surface area contributed by atoms with Crippen molar-refractivity contribution in [3.05, 3.63) is 77.1 Å². The van der Waals surface area contributed by atoms with Crippen LogP contribution in [0, 0.1) is 0 Å². The molecule has 3 rings (SSSR count). The lowest BCUT2D eigenvalue weighted by molar-refractivity contribution is -0.193. The second-order valence-electron chi connectivity index (χ2n) is 8.97. The molecule has 0 aliphatic carbocycles. The zero-order valence-corrected chi connectivity index (χ0v) is 23.4. The molecule has 0 bridgehead atoms. The van der Waals surface area contributed by atoms with Gasteiger partial charge in [-0.15, -0.1) is 0 Å². The number of alkyl halides is 6. The number of carbonyl (C=O) groups excluding carboxylic acids is 2. The molecule has 1 aromatic carbocycles. The van der Waals surface area contributed by atoms with Crippen molar-refractivity contribution in [1.29, 1.82) is 0 Å². The first-order valence-corrected chi connectivity index (χ1v) is 12.6. The molecule has 1 aromatic heterocycles. The molecular formula is C28H27F6N3O8. The highest BCUT2D eigenvalue weighted by molar-refractivity contribution is 6.06. The number of carbonyl (C=O) groups is 5. The summed E-state index contributed by atoms with van der Waals surface area (Å²) in [6.07, 6.45) is -2.97. The molecule has 1 amide bonds. The number of hydrogen-bond donors (Lipinski definition) is 3. The molecule has 1 aliphatic heterocycles. The number of hydrogen-bond acceptors (Lipinski definition) is 7. The van der Waals surface area contributed by atoms with Crippen LogP contribution in [0.15, 0.2) is 54.7 Å². The average Bonchev–Trinajstić information content (AvgIpc) is 2.95. The van der Waals surface area contributed by atoms with Crippen LogP contribution >= 0.6 is 0 Å². The first kappa shape index (κ1) is 38.0. The third kappa shape index (κ3) is 15.3. The molecule has 0 atom stereocenters. The molecule has 0 spiro atoms. The summed E-state index contributed by atoms with van der Waals surface area (Å²) >= 11 is 0. The SMILES string of the molecule is CC(=O)N1CCN(Cc2ccc(C(=O)/C=C/c3ccc(/C=C/C(=O)O)nc3)cc2)CC1.O=C(O)C(F)(F)F.O=C(O)C(F)(F)F.